The van der Waals surface area contributed by atoms with E-state index in [-0.39, 0.29) is 12.0 Å². The Balaban J connectivity index is 4.05. The lowest BCUT2D eigenvalue weighted by atomic mass is 10.2. The highest BCUT2D eigenvalue weighted by Gasteiger charge is 2.21. The van der Waals surface area contributed by atoms with Crippen LogP contribution in [0.2, 0.25) is 0 Å². The van der Waals surface area contributed by atoms with Gasteiger partial charge in [0.05, 0.1) is 6.10 Å². The van der Waals surface area contributed by atoms with E-state index in [1.807, 2.05) is 0 Å². The van der Waals surface area contributed by atoms with E-state index >= 15 is 0 Å². The highest BCUT2D eigenvalue weighted by atomic mass is 31.2. The highest BCUT2D eigenvalue weighted by Crippen LogP contribution is 2.38. The van der Waals surface area contributed by atoms with E-state index in [0.29, 0.717) is 0 Å². The predicted molar refractivity (Wildman–Crippen MR) is 57.6 cm³/mol. The Morgan fingerprint density at radius 1 is 1.38 bits per heavy atom. The molecule has 0 aliphatic carbocycles. The van der Waals surface area contributed by atoms with Gasteiger partial charge in [-0.05, 0) is 20.8 Å². The minimum atomic E-state index is -4.49. The predicted octanol–water partition coefficient (Wildman–Crippen LogP) is 1.38. The van der Waals surface area contributed by atoms with Crippen LogP contribution < -0.4 is 0 Å². The lowest BCUT2D eigenvalue weighted by molar-refractivity contribution is -0.144. The van der Waals surface area contributed by atoms with E-state index in [0.717, 1.165) is 0 Å². The molecule has 0 aromatic heterocycles. The van der Waals surface area contributed by atoms with Crippen LogP contribution in [0.3, 0.4) is 0 Å². The molecular weight excluding hydrogens is 235 g/mol. The maximum Gasteiger partial charge on any atom is 0.469 e. The van der Waals surface area contributed by atoms with Crippen LogP contribution in [0.5, 0.6) is 0 Å². The van der Waals surface area contributed by atoms with Gasteiger partial charge in [-0.15, -0.1) is 0 Å². The average molecular weight is 252 g/mol. The maximum absolute atomic E-state index is 11.1. The Hall–Kier alpha value is -0.680. The van der Waals surface area contributed by atoms with Crippen LogP contribution in [0.15, 0.2) is 12.2 Å². The van der Waals surface area contributed by atoms with E-state index < -0.39 is 26.0 Å². The maximum atomic E-state index is 11.1. The molecule has 0 rings (SSSR count). The van der Waals surface area contributed by atoms with Crippen molar-refractivity contribution in [3.05, 3.63) is 12.2 Å². The van der Waals surface area contributed by atoms with Gasteiger partial charge in [-0.1, -0.05) is 6.58 Å². The van der Waals surface area contributed by atoms with Gasteiger partial charge in [0.2, 0.25) is 0 Å². The minimum absolute atomic E-state index is 0.199. The molecule has 2 N–H and O–H groups in total. The molecule has 0 radical (unpaired) electrons. The fourth-order valence-corrected chi connectivity index (χ4v) is 1.63. The summed E-state index contributed by atoms with van der Waals surface area (Å²) in [4.78, 5) is 28.2. The zero-order valence-electron chi connectivity index (χ0n) is 9.54. The van der Waals surface area contributed by atoms with Crippen LogP contribution in [-0.4, -0.2) is 28.0 Å². The molecular formula is C9H17O6P. The number of carbonyl (C=O) groups excluding carboxylic acids is 1. The fourth-order valence-electron chi connectivity index (χ4n) is 1.08. The van der Waals surface area contributed by atoms with Crippen molar-refractivity contribution in [1.29, 1.82) is 0 Å². The smallest absolute Gasteiger partial charge is 0.459 e. The van der Waals surface area contributed by atoms with Crippen molar-refractivity contribution < 1.29 is 28.4 Å². The normalized spacial score (nSPS) is 15.3. The largest absolute Gasteiger partial charge is 0.469 e. The summed E-state index contributed by atoms with van der Waals surface area (Å²) in [6.45, 7) is 8.04. The van der Waals surface area contributed by atoms with Crippen molar-refractivity contribution in [3.63, 3.8) is 0 Å². The van der Waals surface area contributed by atoms with Gasteiger partial charge in [-0.25, -0.2) is 9.36 Å². The quantitative estimate of drug-likeness (QED) is 0.421. The summed E-state index contributed by atoms with van der Waals surface area (Å²) in [5, 5.41) is 0. The lowest BCUT2D eigenvalue weighted by Crippen LogP contribution is -2.21. The standard InChI is InChI=1S/C9H17O6P/c1-6(2)9(10)14-7(3)5-8(4)15-16(11,12)13/h7-8H,1,5H2,2-4H3,(H2,11,12,13). The Morgan fingerprint density at radius 3 is 2.25 bits per heavy atom. The summed E-state index contributed by atoms with van der Waals surface area (Å²) in [5.74, 6) is -0.532. The molecule has 16 heavy (non-hydrogen) atoms. The van der Waals surface area contributed by atoms with Crippen LogP contribution >= 0.6 is 7.82 Å². The van der Waals surface area contributed by atoms with Gasteiger partial charge in [0.25, 0.3) is 0 Å². The van der Waals surface area contributed by atoms with Crippen LogP contribution in [0, 0.1) is 0 Å². The second kappa shape index (κ2) is 6.15. The van der Waals surface area contributed by atoms with Gasteiger partial charge in [0, 0.05) is 12.0 Å². The van der Waals surface area contributed by atoms with E-state index in [2.05, 4.69) is 11.1 Å². The molecule has 0 amide bonds. The minimum Gasteiger partial charge on any atom is -0.459 e. The number of esters is 1. The van der Waals surface area contributed by atoms with Gasteiger partial charge in [-0.3, -0.25) is 4.52 Å². The number of hydrogen-bond acceptors (Lipinski definition) is 4. The molecule has 0 heterocycles. The van der Waals surface area contributed by atoms with Crippen LogP contribution in [0.4, 0.5) is 0 Å². The van der Waals surface area contributed by atoms with Gasteiger partial charge >= 0.3 is 13.8 Å². The van der Waals surface area contributed by atoms with Crippen LogP contribution in [0.1, 0.15) is 27.2 Å². The molecule has 0 bridgehead atoms. The van der Waals surface area contributed by atoms with Crippen molar-refractivity contribution in [2.45, 2.75) is 39.4 Å². The first-order chi connectivity index (χ1) is 7.11. The lowest BCUT2D eigenvalue weighted by Gasteiger charge is -2.18. The molecule has 0 saturated heterocycles. The number of phosphoric acid groups is 1. The van der Waals surface area contributed by atoms with E-state index in [1.165, 1.54) is 13.8 Å². The van der Waals surface area contributed by atoms with E-state index in [4.69, 9.17) is 14.5 Å². The Morgan fingerprint density at radius 2 is 1.88 bits per heavy atom. The number of carbonyl (C=O) groups is 1. The average Bonchev–Trinajstić information content (AvgIpc) is 1.98. The summed E-state index contributed by atoms with van der Waals surface area (Å²) in [6.07, 6.45) is -0.996. The molecule has 94 valence electrons. The van der Waals surface area contributed by atoms with Crippen molar-refractivity contribution >= 4 is 13.8 Å². The van der Waals surface area contributed by atoms with Gasteiger partial charge < -0.3 is 14.5 Å². The molecule has 0 spiro atoms. The zero-order valence-corrected chi connectivity index (χ0v) is 10.4. The van der Waals surface area contributed by atoms with E-state index in [1.54, 1.807) is 6.92 Å². The fraction of sp³-hybridized carbons (Fsp3) is 0.667. The Bertz CT molecular complexity index is 307. The molecule has 2 atom stereocenters. The van der Waals surface area contributed by atoms with Crippen molar-refractivity contribution in [2.75, 3.05) is 0 Å². The summed E-state index contributed by atoms with van der Waals surface area (Å²) >= 11 is 0. The third-order valence-corrected chi connectivity index (χ3v) is 2.27. The highest BCUT2D eigenvalue weighted by molar-refractivity contribution is 7.46. The summed E-state index contributed by atoms with van der Waals surface area (Å²) in [6, 6.07) is 0. The summed E-state index contributed by atoms with van der Waals surface area (Å²) in [5.41, 5.74) is 0.274. The molecule has 6 nitrogen and oxygen atoms in total. The number of hydrogen-bond donors (Lipinski definition) is 2. The molecule has 0 fully saturated rings. The molecule has 0 saturated carbocycles. The second-order valence-electron chi connectivity index (χ2n) is 3.64. The molecule has 2 unspecified atom stereocenters. The molecule has 0 aliphatic rings. The third-order valence-electron chi connectivity index (χ3n) is 1.64. The monoisotopic (exact) mass is 252 g/mol. The molecule has 0 aromatic carbocycles. The third kappa shape index (κ3) is 7.59. The van der Waals surface area contributed by atoms with Crippen molar-refractivity contribution in [3.8, 4) is 0 Å². The summed E-state index contributed by atoms with van der Waals surface area (Å²) in [7, 11) is -4.49. The Labute approximate surface area is 94.5 Å². The zero-order chi connectivity index (χ0) is 12.9. The number of ether oxygens (including phenoxy) is 1. The van der Waals surface area contributed by atoms with Gasteiger partial charge in [-0.2, -0.15) is 0 Å². The van der Waals surface area contributed by atoms with E-state index in [9.17, 15) is 9.36 Å². The first-order valence-corrected chi connectivity index (χ1v) is 6.25. The topological polar surface area (TPSA) is 93.1 Å². The second-order valence-corrected chi connectivity index (χ2v) is 4.83. The molecule has 0 aromatic rings. The summed E-state index contributed by atoms with van der Waals surface area (Å²) < 4.78 is 19.8. The Kier molecular flexibility index (Phi) is 5.89. The first kappa shape index (κ1) is 15.3. The van der Waals surface area contributed by atoms with Crippen LogP contribution in [-0.2, 0) is 18.6 Å². The van der Waals surface area contributed by atoms with Crippen molar-refractivity contribution in [1.82, 2.24) is 0 Å². The van der Waals surface area contributed by atoms with Gasteiger partial charge in [0.1, 0.15) is 6.10 Å². The molecule has 7 heteroatoms. The first-order valence-electron chi connectivity index (χ1n) is 4.72. The van der Waals surface area contributed by atoms with Crippen molar-refractivity contribution in [2.24, 2.45) is 0 Å². The number of rotatable bonds is 6. The van der Waals surface area contributed by atoms with Gasteiger partial charge in [0.15, 0.2) is 0 Å². The molecule has 0 aliphatic heterocycles. The SMILES string of the molecule is C=C(C)C(=O)OC(C)CC(C)OP(=O)(O)O. The number of phosphoric ester groups is 1. The van der Waals surface area contributed by atoms with Crippen LogP contribution in [0.25, 0.3) is 0 Å².